The number of nitrogens with zero attached hydrogens (tertiary/aromatic N) is 3. The molecule has 0 atom stereocenters. The molecule has 0 fully saturated rings. The highest BCUT2D eigenvalue weighted by Gasteiger charge is 2.30. The molecule has 29 heavy (non-hydrogen) atoms. The van der Waals surface area contributed by atoms with Crippen molar-refractivity contribution in [3.8, 4) is 0 Å². The number of anilines is 1. The van der Waals surface area contributed by atoms with Gasteiger partial charge in [0.15, 0.2) is 0 Å². The van der Waals surface area contributed by atoms with Gasteiger partial charge in [0, 0.05) is 24.7 Å². The molecule has 0 radical (unpaired) electrons. The van der Waals surface area contributed by atoms with Crippen LogP contribution in [0, 0.1) is 5.41 Å². The van der Waals surface area contributed by atoms with Gasteiger partial charge in [0.2, 0.25) is 5.28 Å². The average Bonchev–Trinajstić information content (AvgIpc) is 3.01. The molecule has 1 aromatic heterocycles. The summed E-state index contributed by atoms with van der Waals surface area (Å²) in [5, 5.41) is 3.50. The predicted octanol–water partition coefficient (Wildman–Crippen LogP) is 5.00. The number of aromatic nitrogens is 2. The first-order valence-corrected chi connectivity index (χ1v) is 10.5. The fraction of sp³-hybridized carbons (Fsp3) is 0.522. The van der Waals surface area contributed by atoms with Crippen LogP contribution in [-0.2, 0) is 12.8 Å². The Balaban J connectivity index is 1.76. The summed E-state index contributed by atoms with van der Waals surface area (Å²) in [5.74, 6) is 0.439. The van der Waals surface area contributed by atoms with Gasteiger partial charge < -0.3 is 10.2 Å². The molecule has 0 bridgehead atoms. The van der Waals surface area contributed by atoms with Crippen molar-refractivity contribution in [1.82, 2.24) is 14.9 Å². The summed E-state index contributed by atoms with van der Waals surface area (Å²) in [6, 6.07) is 10.2. The molecule has 1 N–H and O–H groups in total. The number of hydrogen-bond acceptors (Lipinski definition) is 4. The largest absolute Gasteiger partial charge is 0.365 e. The zero-order chi connectivity index (χ0) is 21.4. The zero-order valence-corrected chi connectivity index (χ0v) is 19.0. The summed E-state index contributed by atoms with van der Waals surface area (Å²) >= 11 is 6.16. The Labute approximate surface area is 178 Å². The number of likely N-dealkylation sites (N-methyl/N-ethyl adjacent to an activating group) is 1. The van der Waals surface area contributed by atoms with Crippen LogP contribution in [0.4, 0.5) is 5.82 Å². The van der Waals surface area contributed by atoms with Crippen molar-refractivity contribution in [2.75, 3.05) is 12.4 Å². The van der Waals surface area contributed by atoms with Gasteiger partial charge in [0.05, 0.1) is 0 Å². The van der Waals surface area contributed by atoms with Gasteiger partial charge >= 0.3 is 0 Å². The molecule has 1 aliphatic rings. The molecule has 156 valence electrons. The first-order valence-electron chi connectivity index (χ1n) is 10.1. The molecule has 3 rings (SSSR count). The average molecular weight is 415 g/mol. The molecule has 2 aromatic rings. The lowest BCUT2D eigenvalue weighted by molar-refractivity contribution is 0.0731. The first-order chi connectivity index (χ1) is 13.4. The molecular formula is C23H31ClN4O. The van der Waals surface area contributed by atoms with Crippen molar-refractivity contribution in [2.45, 2.75) is 65.5 Å². The van der Waals surface area contributed by atoms with Gasteiger partial charge in [-0.3, -0.25) is 4.79 Å². The molecule has 0 saturated heterocycles. The van der Waals surface area contributed by atoms with E-state index in [0.717, 1.165) is 19.3 Å². The van der Waals surface area contributed by atoms with Crippen LogP contribution >= 0.6 is 11.6 Å². The lowest BCUT2D eigenvalue weighted by atomic mass is 9.82. The fourth-order valence-electron chi connectivity index (χ4n) is 4.46. The van der Waals surface area contributed by atoms with Gasteiger partial charge in [0.25, 0.3) is 5.91 Å². The molecule has 1 amide bonds. The Kier molecular flexibility index (Phi) is 5.91. The Hall–Kier alpha value is -2.14. The summed E-state index contributed by atoms with van der Waals surface area (Å²) < 4.78 is 0. The van der Waals surface area contributed by atoms with Crippen LogP contribution < -0.4 is 5.32 Å². The highest BCUT2D eigenvalue weighted by Crippen LogP contribution is 2.30. The number of amides is 1. The summed E-state index contributed by atoms with van der Waals surface area (Å²) in [4.78, 5) is 23.4. The molecule has 1 aliphatic carbocycles. The summed E-state index contributed by atoms with van der Waals surface area (Å²) in [7, 11) is 1.84. The van der Waals surface area contributed by atoms with Crippen molar-refractivity contribution in [2.24, 2.45) is 5.41 Å². The first kappa shape index (κ1) is 21.6. The van der Waals surface area contributed by atoms with Crippen LogP contribution in [0.3, 0.4) is 0 Å². The quantitative estimate of drug-likeness (QED) is 0.699. The number of halogens is 1. The molecule has 0 spiro atoms. The maximum atomic E-state index is 13.1. The lowest BCUT2D eigenvalue weighted by Crippen LogP contribution is -2.38. The van der Waals surface area contributed by atoms with Crippen LogP contribution in [0.25, 0.3) is 0 Å². The Morgan fingerprint density at radius 3 is 2.28 bits per heavy atom. The Bertz CT molecular complexity index is 879. The number of benzene rings is 1. The van der Waals surface area contributed by atoms with Gasteiger partial charge in [-0.2, -0.15) is 0 Å². The van der Waals surface area contributed by atoms with Crippen LogP contribution in [0.1, 0.15) is 62.7 Å². The van der Waals surface area contributed by atoms with Crippen molar-refractivity contribution < 1.29 is 4.79 Å². The van der Waals surface area contributed by atoms with E-state index >= 15 is 0 Å². The van der Waals surface area contributed by atoms with E-state index in [1.165, 1.54) is 11.1 Å². The lowest BCUT2D eigenvalue weighted by Gasteiger charge is -2.33. The minimum Gasteiger partial charge on any atom is -0.365 e. The predicted molar refractivity (Wildman–Crippen MR) is 119 cm³/mol. The van der Waals surface area contributed by atoms with Crippen molar-refractivity contribution >= 4 is 23.3 Å². The molecule has 1 aromatic carbocycles. The monoisotopic (exact) mass is 414 g/mol. The molecule has 1 heterocycles. The normalized spacial score (nSPS) is 14.6. The second-order valence-electron chi connectivity index (χ2n) is 9.90. The Morgan fingerprint density at radius 2 is 1.72 bits per heavy atom. The van der Waals surface area contributed by atoms with Gasteiger partial charge in [-0.15, -0.1) is 0 Å². The van der Waals surface area contributed by atoms with Gasteiger partial charge in [-0.1, -0.05) is 45.0 Å². The Morgan fingerprint density at radius 1 is 1.14 bits per heavy atom. The van der Waals surface area contributed by atoms with Crippen LogP contribution in [0.2, 0.25) is 5.28 Å². The van der Waals surface area contributed by atoms with Crippen LogP contribution in [-0.4, -0.2) is 39.4 Å². The third-order valence-electron chi connectivity index (χ3n) is 5.25. The second-order valence-corrected chi connectivity index (χ2v) is 10.2. The second kappa shape index (κ2) is 7.94. The molecule has 0 saturated carbocycles. The van der Waals surface area contributed by atoms with Crippen LogP contribution in [0.5, 0.6) is 0 Å². The van der Waals surface area contributed by atoms with E-state index in [1.54, 1.807) is 11.0 Å². The molecular weight excluding hydrogens is 384 g/mol. The zero-order valence-electron chi connectivity index (χ0n) is 18.2. The third-order valence-corrected chi connectivity index (χ3v) is 5.42. The van der Waals surface area contributed by atoms with Gasteiger partial charge in [-0.05, 0) is 61.3 Å². The SMILES string of the molecule is CN(C(=O)c1cc(NC(C)(C)CC(C)(C)C)nc(Cl)n1)C1Cc2ccccc2C1. The molecule has 0 unspecified atom stereocenters. The van der Waals surface area contributed by atoms with E-state index in [2.05, 4.69) is 62.0 Å². The van der Waals surface area contributed by atoms with E-state index in [9.17, 15) is 4.79 Å². The summed E-state index contributed by atoms with van der Waals surface area (Å²) in [5.41, 5.74) is 2.89. The number of hydrogen-bond donors (Lipinski definition) is 1. The number of fused-ring (bicyclic) bond motifs is 1. The summed E-state index contributed by atoms with van der Waals surface area (Å²) in [6.07, 6.45) is 2.66. The fourth-order valence-corrected chi connectivity index (χ4v) is 4.65. The molecule has 5 nitrogen and oxygen atoms in total. The maximum absolute atomic E-state index is 13.1. The van der Waals surface area contributed by atoms with Crippen molar-refractivity contribution in [1.29, 1.82) is 0 Å². The molecule has 0 aliphatic heterocycles. The van der Waals surface area contributed by atoms with Gasteiger partial charge in [-0.25, -0.2) is 9.97 Å². The van der Waals surface area contributed by atoms with E-state index < -0.39 is 0 Å². The highest BCUT2D eigenvalue weighted by atomic mass is 35.5. The van der Waals surface area contributed by atoms with Gasteiger partial charge in [0.1, 0.15) is 11.5 Å². The van der Waals surface area contributed by atoms with E-state index in [0.29, 0.717) is 11.5 Å². The highest BCUT2D eigenvalue weighted by molar-refractivity contribution is 6.28. The van der Waals surface area contributed by atoms with Crippen molar-refractivity contribution in [3.05, 3.63) is 52.4 Å². The number of carbonyl (C=O) groups excluding carboxylic acids is 1. The summed E-state index contributed by atoms with van der Waals surface area (Å²) in [6.45, 7) is 10.8. The maximum Gasteiger partial charge on any atom is 0.272 e. The third kappa shape index (κ3) is 5.47. The van der Waals surface area contributed by atoms with Crippen LogP contribution in [0.15, 0.2) is 30.3 Å². The number of nitrogens with one attached hydrogen (secondary N) is 1. The van der Waals surface area contributed by atoms with E-state index in [1.807, 2.05) is 19.2 Å². The minimum absolute atomic E-state index is 0.0769. The number of rotatable bonds is 5. The molecule has 6 heteroatoms. The number of carbonyl (C=O) groups is 1. The standard InChI is InChI=1S/C23H31ClN4O/c1-22(2,3)14-23(4,5)27-19-13-18(25-21(24)26-19)20(29)28(6)17-11-15-9-7-8-10-16(15)12-17/h7-10,13,17H,11-12,14H2,1-6H3,(H,25,26,27). The minimum atomic E-state index is -0.199. The van der Waals surface area contributed by atoms with E-state index in [-0.39, 0.29) is 28.2 Å². The topological polar surface area (TPSA) is 58.1 Å². The smallest absolute Gasteiger partial charge is 0.272 e. The van der Waals surface area contributed by atoms with E-state index in [4.69, 9.17) is 11.6 Å². The van der Waals surface area contributed by atoms with Crippen molar-refractivity contribution in [3.63, 3.8) is 0 Å².